The van der Waals surface area contributed by atoms with Gasteiger partial charge in [0.2, 0.25) is 0 Å². The summed E-state index contributed by atoms with van der Waals surface area (Å²) in [6, 6.07) is 5.03. The molecule has 0 aliphatic heterocycles. The molecule has 2 rings (SSSR count). The summed E-state index contributed by atoms with van der Waals surface area (Å²) in [7, 11) is 0. The van der Waals surface area contributed by atoms with E-state index in [1.807, 2.05) is 0 Å². The minimum Gasteiger partial charge on any atom is -0.310 e. The molecule has 1 aliphatic rings. The second-order valence-corrected chi connectivity index (χ2v) is 7.66. The third-order valence-corrected chi connectivity index (χ3v) is 5.89. The normalized spacial score (nSPS) is 18.2. The van der Waals surface area contributed by atoms with Crippen LogP contribution in [0.25, 0.3) is 0 Å². The molecule has 1 fully saturated rings. The first-order valence-corrected chi connectivity index (χ1v) is 9.41. The van der Waals surface area contributed by atoms with Crippen LogP contribution in [0, 0.1) is 12.8 Å². The van der Waals surface area contributed by atoms with Gasteiger partial charge >= 0.3 is 0 Å². The standard InChI is InChI=1S/C17H25Br2N/c1-3-9-20-17(13-7-5-4-6-8-13)14-11-15(18)12(2)10-16(14)19/h10-11,13,17,20H,3-9H2,1-2H3. The summed E-state index contributed by atoms with van der Waals surface area (Å²) in [4.78, 5) is 0. The zero-order chi connectivity index (χ0) is 14.5. The first kappa shape index (κ1) is 16.5. The monoisotopic (exact) mass is 401 g/mol. The SMILES string of the molecule is CCCNC(c1cc(Br)c(C)cc1Br)C1CCCCC1. The van der Waals surface area contributed by atoms with E-state index < -0.39 is 0 Å². The maximum absolute atomic E-state index is 3.79. The Morgan fingerprint density at radius 2 is 1.85 bits per heavy atom. The third-order valence-electron chi connectivity index (χ3n) is 4.35. The Morgan fingerprint density at radius 3 is 2.50 bits per heavy atom. The summed E-state index contributed by atoms with van der Waals surface area (Å²) in [5.41, 5.74) is 2.71. The molecule has 1 atom stereocenters. The Labute approximate surface area is 140 Å². The van der Waals surface area contributed by atoms with Gasteiger partial charge in [-0.2, -0.15) is 0 Å². The Balaban J connectivity index is 2.27. The molecule has 20 heavy (non-hydrogen) atoms. The van der Waals surface area contributed by atoms with Crippen molar-refractivity contribution >= 4 is 31.9 Å². The minimum absolute atomic E-state index is 0.488. The van der Waals surface area contributed by atoms with Crippen molar-refractivity contribution in [3.05, 3.63) is 32.2 Å². The largest absolute Gasteiger partial charge is 0.310 e. The molecule has 0 bridgehead atoms. The molecule has 1 saturated carbocycles. The van der Waals surface area contributed by atoms with Crippen LogP contribution in [-0.4, -0.2) is 6.54 Å². The van der Waals surface area contributed by atoms with Crippen LogP contribution in [-0.2, 0) is 0 Å². The topological polar surface area (TPSA) is 12.0 Å². The highest BCUT2D eigenvalue weighted by Crippen LogP contribution is 2.39. The molecule has 112 valence electrons. The second kappa shape index (κ2) is 7.95. The van der Waals surface area contributed by atoms with E-state index in [1.165, 1.54) is 58.6 Å². The molecule has 0 saturated heterocycles. The van der Waals surface area contributed by atoms with Gasteiger partial charge in [-0.05, 0) is 61.9 Å². The fourth-order valence-corrected chi connectivity index (χ4v) is 4.26. The maximum atomic E-state index is 3.79. The number of rotatable bonds is 5. The molecule has 1 unspecified atom stereocenters. The van der Waals surface area contributed by atoms with E-state index >= 15 is 0 Å². The van der Waals surface area contributed by atoms with Gasteiger partial charge in [-0.25, -0.2) is 0 Å². The highest BCUT2D eigenvalue weighted by atomic mass is 79.9. The first-order valence-electron chi connectivity index (χ1n) is 7.82. The number of hydrogen-bond acceptors (Lipinski definition) is 1. The lowest BCUT2D eigenvalue weighted by molar-refractivity contribution is 0.271. The number of halogens is 2. The highest BCUT2D eigenvalue weighted by Gasteiger charge is 2.26. The molecule has 0 amide bonds. The van der Waals surface area contributed by atoms with Gasteiger partial charge in [0, 0.05) is 15.0 Å². The smallest absolute Gasteiger partial charge is 0.0360 e. The molecule has 3 heteroatoms. The van der Waals surface area contributed by atoms with E-state index in [4.69, 9.17) is 0 Å². The molecule has 1 aromatic carbocycles. The zero-order valence-electron chi connectivity index (χ0n) is 12.5. The van der Waals surface area contributed by atoms with E-state index in [2.05, 4.69) is 63.2 Å². The van der Waals surface area contributed by atoms with Gasteiger partial charge in [-0.3, -0.25) is 0 Å². The first-order chi connectivity index (χ1) is 9.63. The number of aryl methyl sites for hydroxylation is 1. The van der Waals surface area contributed by atoms with Gasteiger partial charge in [-0.15, -0.1) is 0 Å². The average Bonchev–Trinajstić information content (AvgIpc) is 2.45. The van der Waals surface area contributed by atoms with E-state index in [9.17, 15) is 0 Å². The molecule has 0 aromatic heterocycles. The van der Waals surface area contributed by atoms with Crippen LogP contribution < -0.4 is 5.32 Å². The molecule has 1 N–H and O–H groups in total. The summed E-state index contributed by atoms with van der Waals surface area (Å²) in [5, 5.41) is 3.79. The zero-order valence-corrected chi connectivity index (χ0v) is 15.7. The van der Waals surface area contributed by atoms with Gasteiger partial charge in [-0.1, -0.05) is 58.0 Å². The van der Waals surface area contributed by atoms with Crippen molar-refractivity contribution in [2.75, 3.05) is 6.54 Å². The van der Waals surface area contributed by atoms with E-state index in [0.717, 1.165) is 12.5 Å². The van der Waals surface area contributed by atoms with Crippen molar-refractivity contribution in [1.82, 2.24) is 5.32 Å². The van der Waals surface area contributed by atoms with E-state index in [-0.39, 0.29) is 0 Å². The lowest BCUT2D eigenvalue weighted by Gasteiger charge is -2.32. The Morgan fingerprint density at radius 1 is 1.15 bits per heavy atom. The summed E-state index contributed by atoms with van der Waals surface area (Å²) < 4.78 is 2.46. The van der Waals surface area contributed by atoms with Gasteiger partial charge in [0.25, 0.3) is 0 Å². The van der Waals surface area contributed by atoms with E-state index in [0.29, 0.717) is 6.04 Å². The molecule has 1 nitrogen and oxygen atoms in total. The van der Waals surface area contributed by atoms with Crippen LogP contribution in [0.5, 0.6) is 0 Å². The quantitative estimate of drug-likeness (QED) is 0.623. The summed E-state index contributed by atoms with van der Waals surface area (Å²) >= 11 is 7.47. The van der Waals surface area contributed by atoms with Crippen molar-refractivity contribution in [2.24, 2.45) is 5.92 Å². The molecular weight excluding hydrogens is 378 g/mol. The predicted octanol–water partition coefficient (Wildman–Crippen LogP) is 6.14. The van der Waals surface area contributed by atoms with Gasteiger partial charge in [0.05, 0.1) is 0 Å². The number of hydrogen-bond donors (Lipinski definition) is 1. The third kappa shape index (κ3) is 4.08. The fraction of sp³-hybridized carbons (Fsp3) is 0.647. The van der Waals surface area contributed by atoms with Crippen LogP contribution in [0.3, 0.4) is 0 Å². The van der Waals surface area contributed by atoms with Crippen LogP contribution in [0.1, 0.15) is 62.6 Å². The van der Waals surface area contributed by atoms with Crippen LogP contribution >= 0.6 is 31.9 Å². The Hall–Kier alpha value is 0.140. The maximum Gasteiger partial charge on any atom is 0.0360 e. The Bertz CT molecular complexity index is 439. The summed E-state index contributed by atoms with van der Waals surface area (Å²) in [5.74, 6) is 0.779. The molecule has 1 aromatic rings. The van der Waals surface area contributed by atoms with Crippen LogP contribution in [0.2, 0.25) is 0 Å². The molecule has 0 radical (unpaired) electrons. The highest BCUT2D eigenvalue weighted by molar-refractivity contribution is 9.11. The number of nitrogens with one attached hydrogen (secondary N) is 1. The summed E-state index contributed by atoms with van der Waals surface area (Å²) in [6.07, 6.45) is 8.10. The van der Waals surface area contributed by atoms with Crippen LogP contribution in [0.15, 0.2) is 21.1 Å². The van der Waals surface area contributed by atoms with Crippen molar-refractivity contribution in [3.8, 4) is 0 Å². The molecule has 1 aliphatic carbocycles. The van der Waals surface area contributed by atoms with Crippen molar-refractivity contribution < 1.29 is 0 Å². The van der Waals surface area contributed by atoms with Crippen molar-refractivity contribution in [3.63, 3.8) is 0 Å². The van der Waals surface area contributed by atoms with Gasteiger partial charge in [0.1, 0.15) is 0 Å². The average molecular weight is 403 g/mol. The molecule has 0 heterocycles. The molecule has 0 spiro atoms. The Kier molecular flexibility index (Phi) is 6.57. The van der Waals surface area contributed by atoms with Crippen molar-refractivity contribution in [1.29, 1.82) is 0 Å². The predicted molar refractivity (Wildman–Crippen MR) is 94.2 cm³/mol. The minimum atomic E-state index is 0.488. The lowest BCUT2D eigenvalue weighted by atomic mass is 9.81. The fourth-order valence-electron chi connectivity index (χ4n) is 3.20. The molecular formula is C17H25Br2N. The van der Waals surface area contributed by atoms with Crippen molar-refractivity contribution in [2.45, 2.75) is 58.4 Å². The summed E-state index contributed by atoms with van der Waals surface area (Å²) in [6.45, 7) is 5.48. The number of benzene rings is 1. The van der Waals surface area contributed by atoms with Gasteiger partial charge in [0.15, 0.2) is 0 Å². The second-order valence-electron chi connectivity index (χ2n) is 5.95. The lowest BCUT2D eigenvalue weighted by Crippen LogP contribution is -2.30. The van der Waals surface area contributed by atoms with Crippen LogP contribution in [0.4, 0.5) is 0 Å². The van der Waals surface area contributed by atoms with Gasteiger partial charge < -0.3 is 5.32 Å². The van der Waals surface area contributed by atoms with E-state index in [1.54, 1.807) is 0 Å².